The van der Waals surface area contributed by atoms with Crippen LogP contribution in [0, 0.1) is 6.92 Å². The minimum Gasteiger partial charge on any atom is -0.350 e. The van der Waals surface area contributed by atoms with E-state index >= 15 is 0 Å². The Morgan fingerprint density at radius 1 is 1.21 bits per heavy atom. The molecule has 1 N–H and O–H groups in total. The molecule has 134 valence electrons. The fourth-order valence-electron chi connectivity index (χ4n) is 2.96. The molecule has 0 radical (unpaired) electrons. The van der Waals surface area contributed by atoms with Crippen molar-refractivity contribution in [1.29, 1.82) is 0 Å². The van der Waals surface area contributed by atoms with Crippen LogP contribution in [-0.4, -0.2) is 41.0 Å². The molecular formula is C17H24F3N3O. The van der Waals surface area contributed by atoms with E-state index in [-0.39, 0.29) is 22.7 Å². The third-order valence-electron chi connectivity index (χ3n) is 4.51. The van der Waals surface area contributed by atoms with Crippen LogP contribution < -0.4 is 5.32 Å². The predicted molar refractivity (Wildman–Crippen MR) is 85.8 cm³/mol. The molecule has 0 aliphatic carbocycles. The van der Waals surface area contributed by atoms with E-state index in [2.05, 4.69) is 29.0 Å². The van der Waals surface area contributed by atoms with Crippen molar-refractivity contribution in [3.8, 4) is 0 Å². The summed E-state index contributed by atoms with van der Waals surface area (Å²) < 4.78 is 37.9. The summed E-state index contributed by atoms with van der Waals surface area (Å²) in [6, 6.07) is 2.03. The van der Waals surface area contributed by atoms with Crippen molar-refractivity contribution in [3.63, 3.8) is 0 Å². The number of carbonyl (C=O) groups is 1. The molecule has 0 unspecified atom stereocenters. The van der Waals surface area contributed by atoms with Gasteiger partial charge in [-0.25, -0.2) is 4.98 Å². The number of aromatic nitrogens is 1. The number of piperidine rings is 1. The molecule has 0 aromatic carbocycles. The maximum atomic E-state index is 12.6. The zero-order valence-electron chi connectivity index (χ0n) is 14.3. The van der Waals surface area contributed by atoms with E-state index in [0.29, 0.717) is 6.54 Å². The van der Waals surface area contributed by atoms with E-state index in [0.717, 1.165) is 32.0 Å². The van der Waals surface area contributed by atoms with Gasteiger partial charge in [-0.05, 0) is 58.8 Å². The van der Waals surface area contributed by atoms with Crippen molar-refractivity contribution in [2.24, 2.45) is 0 Å². The van der Waals surface area contributed by atoms with Gasteiger partial charge in [-0.2, -0.15) is 13.2 Å². The Morgan fingerprint density at radius 2 is 1.83 bits per heavy atom. The van der Waals surface area contributed by atoms with Gasteiger partial charge in [0.2, 0.25) is 0 Å². The number of alkyl halides is 3. The molecule has 0 spiro atoms. The number of amides is 1. The lowest BCUT2D eigenvalue weighted by molar-refractivity contribution is -0.141. The number of hydrogen-bond donors (Lipinski definition) is 1. The van der Waals surface area contributed by atoms with Crippen molar-refractivity contribution in [3.05, 3.63) is 29.1 Å². The quantitative estimate of drug-likeness (QED) is 0.911. The average molecular weight is 343 g/mol. The lowest BCUT2D eigenvalue weighted by Gasteiger charge is -2.41. The van der Waals surface area contributed by atoms with Gasteiger partial charge in [0.15, 0.2) is 0 Å². The number of carbonyl (C=O) groups excluding carboxylic acids is 1. The molecule has 0 saturated carbocycles. The number of likely N-dealkylation sites (tertiary alicyclic amines) is 1. The highest BCUT2D eigenvalue weighted by Crippen LogP contribution is 2.28. The third-order valence-corrected chi connectivity index (χ3v) is 4.51. The number of halogens is 3. The molecule has 1 saturated heterocycles. The first-order valence-corrected chi connectivity index (χ1v) is 8.19. The Bertz CT molecular complexity index is 593. The molecule has 24 heavy (non-hydrogen) atoms. The summed E-state index contributed by atoms with van der Waals surface area (Å²) >= 11 is 0. The number of hydrogen-bond acceptors (Lipinski definition) is 3. The standard InChI is InChI=1S/C17H24F3N3O/c1-12-13(7-8-14(22-12)17(18,19)20)15(24)21-11-16(2,3)23-9-5-4-6-10-23/h7-8H,4-6,9-11H2,1-3H3,(H,21,24). The van der Waals surface area contributed by atoms with Gasteiger partial charge in [-0.1, -0.05) is 6.42 Å². The van der Waals surface area contributed by atoms with Crippen molar-refractivity contribution in [2.45, 2.75) is 51.7 Å². The first kappa shape index (κ1) is 18.7. The molecule has 2 rings (SSSR count). The molecule has 1 aliphatic heterocycles. The van der Waals surface area contributed by atoms with Crippen LogP contribution >= 0.6 is 0 Å². The smallest absolute Gasteiger partial charge is 0.350 e. The summed E-state index contributed by atoms with van der Waals surface area (Å²) in [7, 11) is 0. The first-order valence-electron chi connectivity index (χ1n) is 8.19. The Morgan fingerprint density at radius 3 is 2.38 bits per heavy atom. The second-order valence-corrected chi connectivity index (χ2v) is 6.87. The first-order chi connectivity index (χ1) is 11.1. The second kappa shape index (κ2) is 7.09. The fourth-order valence-corrected chi connectivity index (χ4v) is 2.96. The number of aryl methyl sites for hydroxylation is 1. The molecule has 0 bridgehead atoms. The summed E-state index contributed by atoms with van der Waals surface area (Å²) in [5.74, 6) is -0.390. The van der Waals surface area contributed by atoms with E-state index in [4.69, 9.17) is 0 Å². The van der Waals surface area contributed by atoms with Crippen molar-refractivity contribution >= 4 is 5.91 Å². The lowest BCUT2D eigenvalue weighted by atomic mass is 9.98. The SMILES string of the molecule is Cc1nc(C(F)(F)F)ccc1C(=O)NCC(C)(C)N1CCCCC1. The minimum atomic E-state index is -4.50. The van der Waals surface area contributed by atoms with E-state index in [1.807, 2.05) is 0 Å². The maximum absolute atomic E-state index is 12.6. The molecule has 0 atom stereocenters. The predicted octanol–water partition coefficient (Wildman–Crippen LogP) is 3.40. The van der Waals surface area contributed by atoms with Crippen LogP contribution in [0.4, 0.5) is 13.2 Å². The van der Waals surface area contributed by atoms with Gasteiger partial charge in [0.05, 0.1) is 11.3 Å². The molecule has 1 aromatic heterocycles. The van der Waals surface area contributed by atoms with Crippen LogP contribution in [0.25, 0.3) is 0 Å². The zero-order valence-corrected chi connectivity index (χ0v) is 14.3. The Balaban J connectivity index is 2.02. The van der Waals surface area contributed by atoms with Crippen LogP contribution in [-0.2, 0) is 6.18 Å². The van der Waals surface area contributed by atoms with Gasteiger partial charge in [-0.15, -0.1) is 0 Å². The number of nitrogens with one attached hydrogen (secondary N) is 1. The fraction of sp³-hybridized carbons (Fsp3) is 0.647. The molecule has 7 heteroatoms. The second-order valence-electron chi connectivity index (χ2n) is 6.87. The van der Waals surface area contributed by atoms with Crippen LogP contribution in [0.2, 0.25) is 0 Å². The molecule has 1 amide bonds. The highest BCUT2D eigenvalue weighted by atomic mass is 19.4. The van der Waals surface area contributed by atoms with Crippen molar-refractivity contribution < 1.29 is 18.0 Å². The summed E-state index contributed by atoms with van der Waals surface area (Å²) in [6.07, 6.45) is -0.968. The van der Waals surface area contributed by atoms with Crippen LogP contribution in [0.1, 0.15) is 54.9 Å². The van der Waals surface area contributed by atoms with Crippen LogP contribution in [0.3, 0.4) is 0 Å². The average Bonchev–Trinajstić information content (AvgIpc) is 2.52. The topological polar surface area (TPSA) is 45.2 Å². The van der Waals surface area contributed by atoms with Crippen molar-refractivity contribution in [1.82, 2.24) is 15.2 Å². The Kier molecular flexibility index (Phi) is 5.52. The van der Waals surface area contributed by atoms with E-state index in [9.17, 15) is 18.0 Å². The van der Waals surface area contributed by atoms with Gasteiger partial charge in [0.25, 0.3) is 5.91 Å². The Hall–Kier alpha value is -1.63. The summed E-state index contributed by atoms with van der Waals surface area (Å²) in [5, 5.41) is 2.83. The largest absolute Gasteiger partial charge is 0.433 e. The Labute approximate surface area is 140 Å². The number of nitrogens with zero attached hydrogens (tertiary/aromatic N) is 2. The molecule has 1 fully saturated rings. The lowest BCUT2D eigenvalue weighted by Crippen LogP contribution is -2.53. The highest BCUT2D eigenvalue weighted by molar-refractivity contribution is 5.95. The monoisotopic (exact) mass is 343 g/mol. The van der Waals surface area contributed by atoms with Crippen LogP contribution in [0.5, 0.6) is 0 Å². The van der Waals surface area contributed by atoms with Gasteiger partial charge in [0, 0.05) is 12.1 Å². The van der Waals surface area contributed by atoms with E-state index < -0.39 is 11.9 Å². The number of rotatable bonds is 4. The van der Waals surface area contributed by atoms with E-state index in [1.54, 1.807) is 0 Å². The molecule has 1 aromatic rings. The van der Waals surface area contributed by atoms with Gasteiger partial charge >= 0.3 is 6.18 Å². The summed E-state index contributed by atoms with van der Waals surface area (Å²) in [5.41, 5.74) is -0.913. The number of pyridine rings is 1. The summed E-state index contributed by atoms with van der Waals surface area (Å²) in [6.45, 7) is 7.99. The van der Waals surface area contributed by atoms with Gasteiger partial charge in [0.1, 0.15) is 5.69 Å². The van der Waals surface area contributed by atoms with E-state index in [1.165, 1.54) is 19.4 Å². The molecule has 4 nitrogen and oxygen atoms in total. The molecule has 2 heterocycles. The molecular weight excluding hydrogens is 319 g/mol. The van der Waals surface area contributed by atoms with Gasteiger partial charge < -0.3 is 5.32 Å². The normalized spacial score (nSPS) is 16.9. The van der Waals surface area contributed by atoms with Gasteiger partial charge in [-0.3, -0.25) is 9.69 Å². The summed E-state index contributed by atoms with van der Waals surface area (Å²) in [4.78, 5) is 18.2. The van der Waals surface area contributed by atoms with Crippen LogP contribution in [0.15, 0.2) is 12.1 Å². The highest BCUT2D eigenvalue weighted by Gasteiger charge is 2.33. The minimum absolute atomic E-state index is 0.0816. The third kappa shape index (κ3) is 4.47. The van der Waals surface area contributed by atoms with Crippen molar-refractivity contribution in [2.75, 3.05) is 19.6 Å². The molecule has 1 aliphatic rings. The zero-order chi connectivity index (χ0) is 18.0. The maximum Gasteiger partial charge on any atom is 0.433 e.